The highest BCUT2D eigenvalue weighted by molar-refractivity contribution is 5.75. The van der Waals surface area contributed by atoms with Crippen LogP contribution in [0.4, 0.5) is 0 Å². The highest BCUT2D eigenvalue weighted by Crippen LogP contribution is 2.24. The topological polar surface area (TPSA) is 230 Å². The van der Waals surface area contributed by atoms with E-state index in [9.17, 15) is 39.6 Å². The zero-order valence-corrected chi connectivity index (χ0v) is 64.7. The summed E-state index contributed by atoms with van der Waals surface area (Å²) in [6.45, 7) is 17.5. The minimum atomic E-state index is -2.31. The molecule has 0 rings (SSSR count). The van der Waals surface area contributed by atoms with Crippen LogP contribution >= 0.6 is 0 Å². The monoisotopic (exact) mass is 1520 g/mol. The Bertz CT molecular complexity index is 4530. The predicted molar refractivity (Wildman–Crippen MR) is 463 cm³/mol. The standard InChI is InChI=1S/4C24H36O3/c1-4-5-16-19-22(25)20-17-14-12-10-8-6-7-9-11-13-15-18-21-24(2,3)23(26)27;2*1-4-5-6-7-13-16-19-22(25)20-17-14-11-9-8-10-12-15-18-21-24(2,3)23(26)27;1-4-5-6-7-8-9-10-11-12-13-14-15-16-17-18-19-20-22(25)21-24(2,3)23(26)27/h5-6,8-9,11-12,14-18,20,22,25H,4,7,10,13,19,21H2,1-3H3,(H,26,27);2*5-6,8,10-11,13-18,20,22,25H,4,7,9,12,19,21H2,1-3H3,(H,26,27);5-6,8-9,11-12,14-15,17-20,22,25H,4,7,10,13,16,21H2,1-3H3,(H,26,27)/b8-6-,11-9-,14-12-,16-5-,18-15-,20-17+;2*6-5-,10-8-,14-11-,16-13-,18-15-,20-17+;6-5-,9-8-,12-11-,15-14-,18-17-,20-19+/i4D2,7D2,10D2,13D2,19D2;2*4D2,7D2,9D2,19D2;4D2,7D2,13D2,16D2. The van der Waals surface area contributed by atoms with Crippen molar-refractivity contribution in [2.75, 3.05) is 0 Å². The van der Waals surface area contributed by atoms with Gasteiger partial charge in [-0.15, -0.1) is 0 Å². The maximum Gasteiger partial charge on any atom is 0.309 e. The molecule has 0 amide bonds. The van der Waals surface area contributed by atoms with E-state index in [1.807, 2.05) is 0 Å². The van der Waals surface area contributed by atoms with Crippen LogP contribution in [0.5, 0.6) is 0 Å². The zero-order valence-electron chi connectivity index (χ0n) is 98.7. The number of hydrogen-bond donors (Lipinski definition) is 8. The minimum Gasteiger partial charge on any atom is -0.481 e. The van der Waals surface area contributed by atoms with Crippen LogP contribution in [0.15, 0.2) is 292 Å². The maximum absolute atomic E-state index is 11.1. The van der Waals surface area contributed by atoms with Crippen molar-refractivity contribution >= 4 is 23.9 Å². The number of aliphatic hydroxyl groups excluding tert-OH is 4. The number of aliphatic carboxylic acids is 4. The molecule has 4 atom stereocenters. The Morgan fingerprint density at radius 3 is 0.694 bits per heavy atom. The van der Waals surface area contributed by atoms with Gasteiger partial charge in [-0.1, -0.05) is 319 Å². The van der Waals surface area contributed by atoms with Gasteiger partial charge in [0.05, 0.1) is 46.1 Å². The van der Waals surface area contributed by atoms with Crippen molar-refractivity contribution in [3.8, 4) is 0 Å². The highest BCUT2D eigenvalue weighted by Gasteiger charge is 2.29. The molecule has 0 aromatic rings. The van der Waals surface area contributed by atoms with Crippen LogP contribution in [0.2, 0.25) is 0 Å². The number of hydrogen-bond acceptors (Lipinski definition) is 8. The lowest BCUT2D eigenvalue weighted by Gasteiger charge is -2.20. The molecule has 108 heavy (non-hydrogen) atoms. The molecular weight excluding hydrogens is 1350 g/mol. The summed E-state index contributed by atoms with van der Waals surface area (Å²) in [6, 6.07) is 0. The summed E-state index contributed by atoms with van der Waals surface area (Å²) in [5, 5.41) is 76.3. The van der Waals surface area contributed by atoms with Crippen molar-refractivity contribution in [1.29, 1.82) is 0 Å². The summed E-state index contributed by atoms with van der Waals surface area (Å²) in [5.74, 6) is -3.84. The molecule has 0 spiro atoms. The van der Waals surface area contributed by atoms with Gasteiger partial charge < -0.3 is 40.9 Å². The lowest BCUT2D eigenvalue weighted by Crippen LogP contribution is -2.28. The van der Waals surface area contributed by atoms with Crippen LogP contribution in [0.1, 0.15) is 283 Å². The second-order valence-corrected chi connectivity index (χ2v) is 24.4. The molecule has 0 saturated carbocycles. The third kappa shape index (κ3) is 78.5. The predicted octanol–water partition coefficient (Wildman–Crippen LogP) is 24.6. The molecule has 0 heterocycles. The molecule has 0 aliphatic heterocycles. The van der Waals surface area contributed by atoms with E-state index in [4.69, 9.17) is 67.0 Å². The second-order valence-electron chi connectivity index (χ2n) is 24.4. The Kier molecular flexibility index (Phi) is 40.1. The first-order chi connectivity index (χ1) is 63.5. The van der Waals surface area contributed by atoms with Crippen molar-refractivity contribution < 1.29 is 107 Å². The average Bonchev–Trinajstić information content (AvgIpc) is 0.860. The van der Waals surface area contributed by atoms with Crippen molar-refractivity contribution in [1.82, 2.24) is 0 Å². The van der Waals surface area contributed by atoms with Gasteiger partial charge in [0, 0.05) is 46.6 Å². The zero-order chi connectivity index (χ0) is 112. The fraction of sp³-hybridized carbons (Fsp3) is 0.458. The fourth-order valence-corrected chi connectivity index (χ4v) is 6.26. The Morgan fingerprint density at radius 1 is 0.250 bits per heavy atom. The number of carboxylic acids is 4. The SMILES string of the molecule is [2H]C([2H])(C)/C=C\C([2H])([2H])/C=C\C([2H])([2H])C(O)/C=C/C=C\C([2H])([2H])/C=C\C/C=C\CC(C)(C)C(=O)O.[2H]C([2H])(C)/C=C\C([2H])([2H])/C=C\C([2H])([2H])C(O)/C=C/C=C\C([2H])([2H])/C=C\C/C=C\CC(C)(C)C(=O)O.[2H]C([2H])(C)/C=C\C([2H])([2H])/C=C\C/C=C\C([2H])([2H])/C=C\C([2H])([2H])/C=C\C=C\C(O)CC(C)(C)C(=O)O.[2H]C([2H])(C)/C=C\C([2H])([2H])C(O)/C=C/C=C\C([2H])([2H])/C=C\C([2H])([2H])/C=C\C([2H])([2H])/C=C\CC(C)(C)C(=O)O. The lowest BCUT2D eigenvalue weighted by atomic mass is 9.87. The van der Waals surface area contributed by atoms with Crippen LogP contribution < -0.4 is 0 Å². The van der Waals surface area contributed by atoms with Gasteiger partial charge in [-0.25, -0.2) is 0 Å². The van der Waals surface area contributed by atoms with Gasteiger partial charge in [-0.2, -0.15) is 0 Å². The third-order valence-corrected chi connectivity index (χ3v) is 12.8. The lowest BCUT2D eigenvalue weighted by molar-refractivity contribution is -0.148. The van der Waals surface area contributed by atoms with E-state index in [1.165, 1.54) is 171 Å². The van der Waals surface area contributed by atoms with E-state index in [-0.39, 0.29) is 19.3 Å². The molecule has 8 N–H and O–H groups in total. The summed E-state index contributed by atoms with van der Waals surface area (Å²) >= 11 is 0. The van der Waals surface area contributed by atoms with Gasteiger partial charge in [0.25, 0.3) is 0 Å². The van der Waals surface area contributed by atoms with Crippen molar-refractivity contribution in [2.45, 2.75) is 261 Å². The molecule has 0 aromatic carbocycles. The second kappa shape index (κ2) is 75.3. The van der Waals surface area contributed by atoms with E-state index >= 15 is 0 Å². The molecule has 0 radical (unpaired) electrons. The van der Waals surface area contributed by atoms with Crippen LogP contribution in [0, 0.1) is 21.7 Å². The van der Waals surface area contributed by atoms with E-state index in [1.54, 1.807) is 64.2 Å². The maximum atomic E-state index is 11.1. The Morgan fingerprint density at radius 2 is 0.435 bits per heavy atom. The number of carboxylic acid groups (broad SMARTS) is 4. The van der Waals surface area contributed by atoms with Gasteiger partial charge in [-0.3, -0.25) is 19.2 Å². The molecule has 0 fully saturated rings. The first kappa shape index (κ1) is 57.5. The fourth-order valence-electron chi connectivity index (χ4n) is 6.26. The summed E-state index contributed by atoms with van der Waals surface area (Å²) < 4.78 is 264. The van der Waals surface area contributed by atoms with Gasteiger partial charge in [-0.05, 0) is 209 Å². The van der Waals surface area contributed by atoms with Crippen molar-refractivity contribution in [3.05, 3.63) is 292 Å². The molecule has 4 unspecified atom stereocenters. The number of rotatable bonds is 56. The van der Waals surface area contributed by atoms with Gasteiger partial charge in [0.1, 0.15) is 0 Å². The highest BCUT2D eigenvalue weighted by atomic mass is 16.4. The first-order valence-electron chi connectivity index (χ1n) is 51.6. The van der Waals surface area contributed by atoms with Gasteiger partial charge >= 0.3 is 23.9 Å². The Hall–Kier alpha value is -8.52. The van der Waals surface area contributed by atoms with Crippen molar-refractivity contribution in [3.63, 3.8) is 0 Å². The number of allylic oxidation sites excluding steroid dienone is 41. The van der Waals surface area contributed by atoms with Crippen molar-refractivity contribution in [2.24, 2.45) is 21.7 Å². The number of aliphatic hydroxyl groups is 4. The largest absolute Gasteiger partial charge is 0.481 e. The summed E-state index contributed by atoms with van der Waals surface area (Å²) in [7, 11) is 0. The normalized spacial score (nSPS) is 21.7. The molecule has 0 saturated heterocycles. The van der Waals surface area contributed by atoms with E-state index in [0.29, 0.717) is 25.7 Å². The summed E-state index contributed by atoms with van der Waals surface area (Å²) in [6.07, 6.45) is 20.5. The quantitative estimate of drug-likeness (QED) is 0.0210. The molecule has 0 aliphatic rings. The Balaban J connectivity index is -0.000000894. The molecule has 12 heteroatoms. The first-order valence-corrected chi connectivity index (χ1v) is 34.6. The third-order valence-electron chi connectivity index (χ3n) is 12.8. The van der Waals surface area contributed by atoms with Crippen LogP contribution in [0.3, 0.4) is 0 Å². The smallest absolute Gasteiger partial charge is 0.309 e. The average molecular weight is 1520 g/mol. The molecular formula is C96H144O12. The van der Waals surface area contributed by atoms with Gasteiger partial charge in [0.15, 0.2) is 0 Å². The van der Waals surface area contributed by atoms with Gasteiger partial charge in [0.2, 0.25) is 0 Å². The summed E-state index contributed by atoms with van der Waals surface area (Å²) in [5.41, 5.74) is -3.91. The minimum absolute atomic E-state index is 0.00172. The van der Waals surface area contributed by atoms with E-state index < -0.39 is 178 Å². The van der Waals surface area contributed by atoms with Crippen LogP contribution in [-0.4, -0.2) is 89.1 Å². The Labute approximate surface area is 703 Å². The molecule has 12 nitrogen and oxygen atoms in total. The molecule has 600 valence electrons. The van der Waals surface area contributed by atoms with E-state index in [0.717, 1.165) is 140 Å². The molecule has 0 aliphatic carbocycles. The van der Waals surface area contributed by atoms with Crippen LogP contribution in [0.25, 0.3) is 0 Å². The number of carbonyl (C=O) groups is 4. The molecule has 0 aromatic heterocycles. The molecule has 0 bridgehead atoms. The summed E-state index contributed by atoms with van der Waals surface area (Å²) in [4.78, 5) is 44.3. The van der Waals surface area contributed by atoms with Crippen LogP contribution in [-0.2, 0) is 19.2 Å². The van der Waals surface area contributed by atoms with E-state index in [2.05, 4.69) is 0 Å².